The second kappa shape index (κ2) is 6.29. The van der Waals surface area contributed by atoms with Crippen molar-refractivity contribution in [3.63, 3.8) is 0 Å². The lowest BCUT2D eigenvalue weighted by Gasteiger charge is -2.05. The predicted octanol–water partition coefficient (Wildman–Crippen LogP) is 1.65. The van der Waals surface area contributed by atoms with Crippen molar-refractivity contribution in [3.8, 4) is 0 Å². The van der Waals surface area contributed by atoms with E-state index >= 15 is 0 Å². The van der Waals surface area contributed by atoms with E-state index < -0.39 is 0 Å². The molecule has 0 fully saturated rings. The summed E-state index contributed by atoms with van der Waals surface area (Å²) in [4.78, 5) is 19.9. The van der Waals surface area contributed by atoms with Crippen molar-refractivity contribution in [2.24, 2.45) is 0 Å². The first-order valence-corrected chi connectivity index (χ1v) is 6.26. The Morgan fingerprint density at radius 3 is 3.00 bits per heavy atom. The molecule has 2 aromatic heterocycles. The second-order valence-electron chi connectivity index (χ2n) is 3.88. The highest BCUT2D eigenvalue weighted by Gasteiger charge is 2.09. The third-order valence-electron chi connectivity index (χ3n) is 2.51. The van der Waals surface area contributed by atoms with Gasteiger partial charge in [0.25, 0.3) is 5.91 Å². The maximum absolute atomic E-state index is 11.9. The van der Waals surface area contributed by atoms with Crippen LogP contribution in [0.4, 0.5) is 0 Å². The van der Waals surface area contributed by atoms with E-state index in [4.69, 9.17) is 11.6 Å². The highest BCUT2D eigenvalue weighted by molar-refractivity contribution is 6.29. The molecule has 0 aliphatic carbocycles. The van der Waals surface area contributed by atoms with Gasteiger partial charge >= 0.3 is 0 Å². The summed E-state index contributed by atoms with van der Waals surface area (Å²) >= 11 is 5.86. The van der Waals surface area contributed by atoms with E-state index in [0.717, 1.165) is 12.1 Å². The standard InChI is InChI=1S/C12H13ClN4O2/c1-2-9-5-8(6-10(13)16-9)12(18)14-4-3-11-15-7-19-17-11/h5-7H,2-4H2,1H3,(H,14,18). The molecule has 0 aliphatic heterocycles. The lowest BCUT2D eigenvalue weighted by molar-refractivity contribution is 0.0953. The number of aryl methyl sites for hydroxylation is 1. The summed E-state index contributed by atoms with van der Waals surface area (Å²) in [7, 11) is 0. The normalized spacial score (nSPS) is 10.4. The molecule has 2 heterocycles. The summed E-state index contributed by atoms with van der Waals surface area (Å²) in [5.41, 5.74) is 1.29. The number of pyridine rings is 1. The maximum Gasteiger partial charge on any atom is 0.251 e. The van der Waals surface area contributed by atoms with Crippen molar-refractivity contribution < 1.29 is 9.32 Å². The fraction of sp³-hybridized carbons (Fsp3) is 0.333. The van der Waals surface area contributed by atoms with Crippen LogP contribution in [0.5, 0.6) is 0 Å². The van der Waals surface area contributed by atoms with Crippen molar-refractivity contribution in [3.05, 3.63) is 40.8 Å². The highest BCUT2D eigenvalue weighted by atomic mass is 35.5. The Morgan fingerprint density at radius 1 is 1.47 bits per heavy atom. The first kappa shape index (κ1) is 13.5. The zero-order valence-electron chi connectivity index (χ0n) is 10.4. The minimum absolute atomic E-state index is 0.192. The van der Waals surface area contributed by atoms with E-state index in [2.05, 4.69) is 25.0 Å². The van der Waals surface area contributed by atoms with Gasteiger partial charge in [0.05, 0.1) is 0 Å². The molecule has 19 heavy (non-hydrogen) atoms. The molecule has 2 rings (SSSR count). The quantitative estimate of drug-likeness (QED) is 0.842. The Labute approximate surface area is 115 Å². The third-order valence-corrected chi connectivity index (χ3v) is 2.71. The van der Waals surface area contributed by atoms with Crippen molar-refractivity contribution in [1.82, 2.24) is 20.4 Å². The molecule has 1 N–H and O–H groups in total. The molecule has 0 spiro atoms. The van der Waals surface area contributed by atoms with Gasteiger partial charge in [-0.3, -0.25) is 4.79 Å². The van der Waals surface area contributed by atoms with Crippen LogP contribution < -0.4 is 5.32 Å². The molecule has 0 bridgehead atoms. The van der Waals surface area contributed by atoms with E-state index in [1.807, 2.05) is 6.92 Å². The molecular formula is C12H13ClN4O2. The number of aromatic nitrogens is 3. The molecule has 0 atom stereocenters. The van der Waals surface area contributed by atoms with Crippen LogP contribution in [0.25, 0.3) is 0 Å². The summed E-state index contributed by atoms with van der Waals surface area (Å²) in [5, 5.41) is 6.75. The van der Waals surface area contributed by atoms with E-state index in [-0.39, 0.29) is 5.91 Å². The Balaban J connectivity index is 1.94. The second-order valence-corrected chi connectivity index (χ2v) is 4.26. The third kappa shape index (κ3) is 3.75. The fourth-order valence-corrected chi connectivity index (χ4v) is 1.78. The highest BCUT2D eigenvalue weighted by Crippen LogP contribution is 2.11. The molecule has 1 amide bonds. The Bertz CT molecular complexity index is 557. The number of hydrogen-bond acceptors (Lipinski definition) is 5. The molecule has 6 nitrogen and oxygen atoms in total. The summed E-state index contributed by atoms with van der Waals surface area (Å²) in [6, 6.07) is 3.28. The van der Waals surface area contributed by atoms with E-state index in [9.17, 15) is 4.79 Å². The van der Waals surface area contributed by atoms with Crippen LogP contribution in [0.15, 0.2) is 23.0 Å². The fourth-order valence-electron chi connectivity index (χ4n) is 1.56. The first-order chi connectivity index (χ1) is 9.19. The summed E-state index contributed by atoms with van der Waals surface area (Å²) < 4.78 is 4.60. The number of rotatable bonds is 5. The largest absolute Gasteiger partial charge is 0.352 e. The van der Waals surface area contributed by atoms with Crippen LogP contribution >= 0.6 is 11.6 Å². The van der Waals surface area contributed by atoms with Crippen molar-refractivity contribution >= 4 is 17.5 Å². The van der Waals surface area contributed by atoms with Gasteiger partial charge in [-0.25, -0.2) is 4.98 Å². The molecule has 0 aliphatic rings. The molecule has 0 radical (unpaired) electrons. The maximum atomic E-state index is 11.9. The van der Waals surface area contributed by atoms with Crippen LogP contribution in [0.1, 0.15) is 28.8 Å². The van der Waals surface area contributed by atoms with Gasteiger partial charge in [-0.1, -0.05) is 23.7 Å². The van der Waals surface area contributed by atoms with Gasteiger partial charge in [0.2, 0.25) is 6.39 Å². The van der Waals surface area contributed by atoms with Crippen molar-refractivity contribution in [2.45, 2.75) is 19.8 Å². The van der Waals surface area contributed by atoms with Crippen LogP contribution in [-0.2, 0) is 12.8 Å². The summed E-state index contributed by atoms with van der Waals surface area (Å²) in [6.07, 6.45) is 2.50. The van der Waals surface area contributed by atoms with Crippen LogP contribution in [0.3, 0.4) is 0 Å². The van der Waals surface area contributed by atoms with Gasteiger partial charge in [0, 0.05) is 24.2 Å². The van der Waals surface area contributed by atoms with Crippen LogP contribution in [0.2, 0.25) is 5.15 Å². The molecule has 0 aromatic carbocycles. The van der Waals surface area contributed by atoms with E-state index in [1.165, 1.54) is 6.39 Å². The number of hydrogen-bond donors (Lipinski definition) is 1. The molecule has 100 valence electrons. The topological polar surface area (TPSA) is 80.9 Å². The zero-order valence-corrected chi connectivity index (χ0v) is 11.1. The Morgan fingerprint density at radius 2 is 2.32 bits per heavy atom. The smallest absolute Gasteiger partial charge is 0.251 e. The Hall–Kier alpha value is -1.95. The summed E-state index contributed by atoms with van der Waals surface area (Å²) in [6.45, 7) is 2.39. The first-order valence-electron chi connectivity index (χ1n) is 5.89. The molecule has 0 saturated carbocycles. The number of carbonyl (C=O) groups is 1. The van der Waals surface area contributed by atoms with Gasteiger partial charge in [0.15, 0.2) is 5.82 Å². The lowest BCUT2D eigenvalue weighted by atomic mass is 10.2. The average molecular weight is 281 g/mol. The average Bonchev–Trinajstić information content (AvgIpc) is 2.91. The lowest BCUT2D eigenvalue weighted by Crippen LogP contribution is -2.26. The molecule has 2 aromatic rings. The van der Waals surface area contributed by atoms with Crippen molar-refractivity contribution in [2.75, 3.05) is 6.54 Å². The van der Waals surface area contributed by atoms with E-state index in [0.29, 0.717) is 29.5 Å². The molecule has 0 unspecified atom stereocenters. The van der Waals surface area contributed by atoms with Crippen LogP contribution in [0, 0.1) is 0 Å². The van der Waals surface area contributed by atoms with E-state index in [1.54, 1.807) is 12.1 Å². The number of nitrogens with one attached hydrogen (secondary N) is 1. The van der Waals surface area contributed by atoms with Gasteiger partial charge in [-0.2, -0.15) is 4.98 Å². The monoisotopic (exact) mass is 280 g/mol. The summed E-state index contributed by atoms with van der Waals surface area (Å²) in [5.74, 6) is 0.366. The van der Waals surface area contributed by atoms with Crippen molar-refractivity contribution in [1.29, 1.82) is 0 Å². The van der Waals surface area contributed by atoms with Gasteiger partial charge < -0.3 is 9.84 Å². The number of carbonyl (C=O) groups excluding carboxylic acids is 1. The SMILES string of the molecule is CCc1cc(C(=O)NCCc2ncon2)cc(Cl)n1. The van der Waals surface area contributed by atoms with Gasteiger partial charge in [0.1, 0.15) is 5.15 Å². The minimum atomic E-state index is -0.192. The molecule has 0 saturated heterocycles. The number of amides is 1. The van der Waals surface area contributed by atoms with Crippen LogP contribution in [-0.4, -0.2) is 27.6 Å². The Kier molecular flexibility index (Phi) is 4.46. The molecule has 7 heteroatoms. The van der Waals surface area contributed by atoms with Gasteiger partial charge in [-0.05, 0) is 18.6 Å². The zero-order chi connectivity index (χ0) is 13.7. The minimum Gasteiger partial charge on any atom is -0.352 e. The number of nitrogens with zero attached hydrogens (tertiary/aromatic N) is 3. The van der Waals surface area contributed by atoms with Gasteiger partial charge in [-0.15, -0.1) is 0 Å². The predicted molar refractivity (Wildman–Crippen MR) is 69.0 cm³/mol. The molecular weight excluding hydrogens is 268 g/mol. The number of halogens is 1.